The molecule has 0 saturated heterocycles. The van der Waals surface area contributed by atoms with E-state index in [1.54, 1.807) is 15.9 Å². The molecule has 174 valence electrons. The van der Waals surface area contributed by atoms with E-state index in [1.165, 1.54) is 22.2 Å². The molecule has 2 aromatic carbocycles. The molecule has 0 radical (unpaired) electrons. The number of anilines is 1. The van der Waals surface area contributed by atoms with Crippen LogP contribution in [-0.4, -0.2) is 21.2 Å². The maximum Gasteiger partial charge on any atom is 0.267 e. The van der Waals surface area contributed by atoms with Crippen molar-refractivity contribution in [2.75, 3.05) is 11.1 Å². The summed E-state index contributed by atoms with van der Waals surface area (Å²) in [6, 6.07) is 13.8. The summed E-state index contributed by atoms with van der Waals surface area (Å²) in [6.07, 6.45) is 4.22. The Morgan fingerprint density at radius 3 is 2.59 bits per heavy atom. The summed E-state index contributed by atoms with van der Waals surface area (Å²) in [5, 5.41) is 4.26. The van der Waals surface area contributed by atoms with Crippen molar-refractivity contribution in [3.05, 3.63) is 79.9 Å². The van der Waals surface area contributed by atoms with Crippen molar-refractivity contribution in [3.8, 4) is 5.69 Å². The zero-order chi connectivity index (χ0) is 23.8. The Kier molecular flexibility index (Phi) is 6.32. The number of hydrogen-bond donors (Lipinski definition) is 1. The molecule has 0 aliphatic heterocycles. The summed E-state index contributed by atoms with van der Waals surface area (Å²) in [6.45, 7) is 6.05. The number of carbonyl (C=O) groups is 1. The van der Waals surface area contributed by atoms with Crippen LogP contribution >= 0.6 is 23.1 Å². The summed E-state index contributed by atoms with van der Waals surface area (Å²) in [4.78, 5) is 33.6. The van der Waals surface area contributed by atoms with E-state index in [0.29, 0.717) is 5.16 Å². The molecule has 2 heterocycles. The van der Waals surface area contributed by atoms with E-state index < -0.39 is 0 Å². The number of thiophene rings is 1. The molecule has 2 aromatic heterocycles. The lowest BCUT2D eigenvalue weighted by molar-refractivity contribution is -0.113. The fraction of sp³-hybridized carbons (Fsp3) is 0.296. The number of aromatic nitrogens is 2. The zero-order valence-corrected chi connectivity index (χ0v) is 21.2. The molecule has 1 aliphatic rings. The van der Waals surface area contributed by atoms with Gasteiger partial charge >= 0.3 is 0 Å². The van der Waals surface area contributed by atoms with Crippen LogP contribution in [0.5, 0.6) is 0 Å². The van der Waals surface area contributed by atoms with Crippen molar-refractivity contribution >= 4 is 44.9 Å². The van der Waals surface area contributed by atoms with Gasteiger partial charge in [0.15, 0.2) is 5.16 Å². The Balaban J connectivity index is 1.55. The van der Waals surface area contributed by atoms with E-state index in [9.17, 15) is 9.59 Å². The average molecular weight is 490 g/mol. The van der Waals surface area contributed by atoms with Crippen molar-refractivity contribution in [3.63, 3.8) is 0 Å². The van der Waals surface area contributed by atoms with Gasteiger partial charge in [-0.3, -0.25) is 14.2 Å². The predicted octanol–water partition coefficient (Wildman–Crippen LogP) is 5.98. The number of thioether (sulfide) groups is 1. The molecule has 1 amide bonds. The minimum absolute atomic E-state index is 0.0315. The molecule has 1 aliphatic carbocycles. The van der Waals surface area contributed by atoms with Crippen LogP contribution in [0.3, 0.4) is 0 Å². The molecule has 5 nitrogen and oxygen atoms in total. The first-order valence-electron chi connectivity index (χ1n) is 11.5. The minimum Gasteiger partial charge on any atom is -0.325 e. The second kappa shape index (κ2) is 9.39. The molecule has 0 saturated carbocycles. The number of nitrogens with one attached hydrogen (secondary N) is 1. The normalized spacial score (nSPS) is 13.1. The maximum absolute atomic E-state index is 13.9. The SMILES string of the molecule is Cc1cccc(NC(=O)CSc2nc3sc4c(c3c(=O)n2-c2cc(C)cc(C)c2)CCCC4)c1. The van der Waals surface area contributed by atoms with Gasteiger partial charge in [0.2, 0.25) is 5.91 Å². The summed E-state index contributed by atoms with van der Waals surface area (Å²) in [7, 11) is 0. The van der Waals surface area contributed by atoms with Gasteiger partial charge in [-0.2, -0.15) is 0 Å². The molecular weight excluding hydrogens is 462 g/mol. The van der Waals surface area contributed by atoms with Crippen molar-refractivity contribution in [2.24, 2.45) is 0 Å². The number of rotatable bonds is 5. The number of nitrogens with zero attached hydrogens (tertiary/aromatic N) is 2. The number of fused-ring (bicyclic) bond motifs is 3. The minimum atomic E-state index is -0.123. The highest BCUT2D eigenvalue weighted by Gasteiger charge is 2.23. The molecule has 4 aromatic rings. The molecule has 34 heavy (non-hydrogen) atoms. The van der Waals surface area contributed by atoms with Crippen LogP contribution < -0.4 is 10.9 Å². The summed E-state index contributed by atoms with van der Waals surface area (Å²) < 4.78 is 1.70. The monoisotopic (exact) mass is 489 g/mol. The fourth-order valence-corrected chi connectivity index (χ4v) is 6.76. The van der Waals surface area contributed by atoms with Gasteiger partial charge in [0.25, 0.3) is 5.56 Å². The first-order chi connectivity index (χ1) is 16.4. The quantitative estimate of drug-likeness (QED) is 0.277. The third-order valence-corrected chi connectivity index (χ3v) is 8.18. The predicted molar refractivity (Wildman–Crippen MR) is 142 cm³/mol. The van der Waals surface area contributed by atoms with Crippen LogP contribution in [-0.2, 0) is 17.6 Å². The summed E-state index contributed by atoms with van der Waals surface area (Å²) >= 11 is 2.94. The topological polar surface area (TPSA) is 64.0 Å². The van der Waals surface area contributed by atoms with Crippen LogP contribution in [0.1, 0.15) is 40.0 Å². The Bertz CT molecular complexity index is 1450. The van der Waals surface area contributed by atoms with E-state index >= 15 is 0 Å². The summed E-state index contributed by atoms with van der Waals surface area (Å²) in [5.41, 5.74) is 5.97. The molecule has 0 bridgehead atoms. The molecule has 5 rings (SSSR count). The number of hydrogen-bond acceptors (Lipinski definition) is 5. The number of amides is 1. The van der Waals surface area contributed by atoms with Crippen molar-refractivity contribution in [1.29, 1.82) is 0 Å². The van der Waals surface area contributed by atoms with Crippen molar-refractivity contribution < 1.29 is 4.79 Å². The Morgan fingerprint density at radius 2 is 1.82 bits per heavy atom. The van der Waals surface area contributed by atoms with E-state index in [-0.39, 0.29) is 17.2 Å². The number of carbonyl (C=O) groups excluding carboxylic acids is 1. The lowest BCUT2D eigenvalue weighted by Crippen LogP contribution is -2.23. The second-order valence-electron chi connectivity index (χ2n) is 8.98. The van der Waals surface area contributed by atoms with Gasteiger partial charge in [0.05, 0.1) is 16.8 Å². The van der Waals surface area contributed by atoms with Gasteiger partial charge in [-0.15, -0.1) is 11.3 Å². The molecule has 0 spiro atoms. The van der Waals surface area contributed by atoms with Gasteiger partial charge in [-0.25, -0.2) is 4.98 Å². The first-order valence-corrected chi connectivity index (χ1v) is 13.3. The molecule has 1 N–H and O–H groups in total. The van der Waals surface area contributed by atoms with Crippen LogP contribution in [0.4, 0.5) is 5.69 Å². The lowest BCUT2D eigenvalue weighted by Gasteiger charge is -2.15. The number of aryl methyl sites for hydroxylation is 5. The van der Waals surface area contributed by atoms with Crippen LogP contribution in [0.15, 0.2) is 52.4 Å². The average Bonchev–Trinajstić information content (AvgIpc) is 3.15. The van der Waals surface area contributed by atoms with Crippen molar-refractivity contribution in [2.45, 2.75) is 51.6 Å². The van der Waals surface area contributed by atoms with Gasteiger partial charge in [0, 0.05) is 10.6 Å². The largest absolute Gasteiger partial charge is 0.325 e. The Labute approximate surface area is 207 Å². The van der Waals surface area contributed by atoms with E-state index in [2.05, 4.69) is 11.4 Å². The highest BCUT2D eigenvalue weighted by Crippen LogP contribution is 2.35. The van der Waals surface area contributed by atoms with Crippen LogP contribution in [0.2, 0.25) is 0 Å². The molecule has 0 fully saturated rings. The van der Waals surface area contributed by atoms with E-state index in [4.69, 9.17) is 4.98 Å². The Morgan fingerprint density at radius 1 is 1.06 bits per heavy atom. The molecule has 0 atom stereocenters. The van der Waals surface area contributed by atoms with Gasteiger partial charge in [-0.05, 0) is 93.0 Å². The molecule has 0 unspecified atom stereocenters. The second-order valence-corrected chi connectivity index (χ2v) is 11.0. The molecular formula is C27H27N3O2S2. The fourth-order valence-electron chi connectivity index (χ4n) is 4.64. The van der Waals surface area contributed by atoms with Gasteiger partial charge < -0.3 is 5.32 Å². The third kappa shape index (κ3) is 4.55. The standard InChI is InChI=1S/C27H27N3O2S2/c1-16-7-6-8-19(12-16)28-23(31)15-33-27-29-25-24(21-9-4-5-10-22(21)34-25)26(32)30(27)20-13-17(2)11-18(3)14-20/h6-8,11-14H,4-5,9-10,15H2,1-3H3,(H,28,31). The molecule has 7 heteroatoms. The van der Waals surface area contributed by atoms with Crippen LogP contribution in [0.25, 0.3) is 15.9 Å². The van der Waals surface area contributed by atoms with Gasteiger partial charge in [-0.1, -0.05) is 30.0 Å². The zero-order valence-electron chi connectivity index (χ0n) is 19.6. The number of benzene rings is 2. The van der Waals surface area contributed by atoms with Crippen molar-refractivity contribution in [1.82, 2.24) is 9.55 Å². The third-order valence-electron chi connectivity index (χ3n) is 6.06. The summed E-state index contributed by atoms with van der Waals surface area (Å²) in [5.74, 6) is 0.0456. The lowest BCUT2D eigenvalue weighted by atomic mass is 9.97. The maximum atomic E-state index is 13.9. The van der Waals surface area contributed by atoms with Gasteiger partial charge in [0.1, 0.15) is 4.83 Å². The van der Waals surface area contributed by atoms with E-state index in [1.807, 2.05) is 57.2 Å². The smallest absolute Gasteiger partial charge is 0.267 e. The van der Waals surface area contributed by atoms with Crippen LogP contribution in [0, 0.1) is 20.8 Å². The highest BCUT2D eigenvalue weighted by molar-refractivity contribution is 7.99. The highest BCUT2D eigenvalue weighted by atomic mass is 32.2. The Hall–Kier alpha value is -2.90. The van der Waals surface area contributed by atoms with E-state index in [0.717, 1.165) is 64.0 Å². The first kappa shape index (κ1) is 22.9.